The van der Waals surface area contributed by atoms with Gasteiger partial charge in [-0.05, 0) is 25.7 Å². The monoisotopic (exact) mass is 211 g/mol. The molecule has 1 rings (SSSR count). The molecule has 2 unspecified atom stereocenters. The van der Waals surface area contributed by atoms with Gasteiger partial charge < -0.3 is 5.73 Å². The Balaban J connectivity index is 2.33. The summed E-state index contributed by atoms with van der Waals surface area (Å²) in [5, 5.41) is 0. The van der Waals surface area contributed by atoms with Crippen LogP contribution in [0.2, 0.25) is 0 Å². The van der Waals surface area contributed by atoms with E-state index in [1.54, 1.807) is 0 Å². The highest BCUT2D eigenvalue weighted by Crippen LogP contribution is 2.24. The van der Waals surface area contributed by atoms with Crippen molar-refractivity contribution in [1.29, 1.82) is 0 Å². The maximum Gasteiger partial charge on any atom is 0.0125 e. The second-order valence-electron chi connectivity index (χ2n) is 5.96. The molecule has 2 atom stereocenters. The van der Waals surface area contributed by atoms with E-state index in [-0.39, 0.29) is 5.54 Å². The van der Waals surface area contributed by atoms with Crippen molar-refractivity contribution in [3.63, 3.8) is 0 Å². The minimum absolute atomic E-state index is 0.110. The molecule has 1 aliphatic carbocycles. The maximum absolute atomic E-state index is 6.30. The highest BCUT2D eigenvalue weighted by atomic mass is 14.7. The van der Waals surface area contributed by atoms with Crippen LogP contribution in [0.4, 0.5) is 0 Å². The molecule has 90 valence electrons. The van der Waals surface area contributed by atoms with Crippen molar-refractivity contribution in [3.05, 3.63) is 0 Å². The van der Waals surface area contributed by atoms with E-state index in [9.17, 15) is 0 Å². The summed E-state index contributed by atoms with van der Waals surface area (Å²) in [6.45, 7) is 4.64. The highest BCUT2D eigenvalue weighted by molar-refractivity contribution is 4.78. The van der Waals surface area contributed by atoms with Gasteiger partial charge in [-0.1, -0.05) is 58.3 Å². The minimum Gasteiger partial charge on any atom is -0.325 e. The van der Waals surface area contributed by atoms with E-state index in [2.05, 4.69) is 13.8 Å². The molecule has 0 radical (unpaired) electrons. The van der Waals surface area contributed by atoms with Gasteiger partial charge in [-0.25, -0.2) is 0 Å². The summed E-state index contributed by atoms with van der Waals surface area (Å²) in [5.41, 5.74) is 6.41. The predicted octanol–water partition coefficient (Wildman–Crippen LogP) is 4.25. The van der Waals surface area contributed by atoms with Crippen LogP contribution in [0.1, 0.15) is 78.1 Å². The van der Waals surface area contributed by atoms with Gasteiger partial charge in [0.05, 0.1) is 0 Å². The molecule has 1 nitrogen and oxygen atoms in total. The third kappa shape index (κ3) is 6.19. The molecule has 1 heteroatoms. The van der Waals surface area contributed by atoms with Crippen LogP contribution >= 0.6 is 0 Å². The molecule has 15 heavy (non-hydrogen) atoms. The molecule has 0 aromatic carbocycles. The fourth-order valence-corrected chi connectivity index (χ4v) is 2.68. The topological polar surface area (TPSA) is 26.0 Å². The lowest BCUT2D eigenvalue weighted by Crippen LogP contribution is -2.36. The van der Waals surface area contributed by atoms with Gasteiger partial charge in [-0.15, -0.1) is 0 Å². The number of hydrogen-bond donors (Lipinski definition) is 1. The van der Waals surface area contributed by atoms with Gasteiger partial charge in [0.2, 0.25) is 0 Å². The molecule has 0 spiro atoms. The average Bonchev–Trinajstić information content (AvgIpc) is 2.14. The van der Waals surface area contributed by atoms with Crippen LogP contribution in [-0.2, 0) is 0 Å². The molecule has 1 saturated carbocycles. The van der Waals surface area contributed by atoms with E-state index in [0.717, 1.165) is 5.92 Å². The third-order valence-corrected chi connectivity index (χ3v) is 3.89. The summed E-state index contributed by atoms with van der Waals surface area (Å²) in [4.78, 5) is 0. The maximum atomic E-state index is 6.30. The van der Waals surface area contributed by atoms with E-state index < -0.39 is 0 Å². The first kappa shape index (κ1) is 13.0. The van der Waals surface area contributed by atoms with Crippen LogP contribution in [0.3, 0.4) is 0 Å². The molecule has 0 aromatic heterocycles. The standard InChI is InChI=1S/C14H29N/c1-13-9-6-4-3-5-7-11-14(2,15)12-8-10-13/h13H,3-12,15H2,1-2H3. The zero-order valence-electron chi connectivity index (χ0n) is 10.7. The lowest BCUT2D eigenvalue weighted by Gasteiger charge is -2.26. The van der Waals surface area contributed by atoms with Crippen molar-refractivity contribution < 1.29 is 0 Å². The van der Waals surface area contributed by atoms with E-state index >= 15 is 0 Å². The van der Waals surface area contributed by atoms with Gasteiger partial charge in [-0.2, -0.15) is 0 Å². The van der Waals surface area contributed by atoms with Crippen molar-refractivity contribution in [2.45, 2.75) is 83.6 Å². The second-order valence-corrected chi connectivity index (χ2v) is 5.96. The lowest BCUT2D eigenvalue weighted by molar-refractivity contribution is 0.336. The Kier molecular flexibility index (Phi) is 5.66. The van der Waals surface area contributed by atoms with Gasteiger partial charge >= 0.3 is 0 Å². The normalized spacial score (nSPS) is 36.6. The third-order valence-electron chi connectivity index (χ3n) is 3.89. The van der Waals surface area contributed by atoms with Crippen LogP contribution in [0.5, 0.6) is 0 Å². The molecule has 0 saturated heterocycles. The fraction of sp³-hybridized carbons (Fsp3) is 1.00. The molecule has 0 aliphatic heterocycles. The van der Waals surface area contributed by atoms with Crippen LogP contribution in [0, 0.1) is 5.92 Å². The molecule has 0 bridgehead atoms. The summed E-state index contributed by atoms with van der Waals surface area (Å²) in [6.07, 6.45) is 13.6. The zero-order valence-corrected chi connectivity index (χ0v) is 10.7. The summed E-state index contributed by atoms with van der Waals surface area (Å²) in [5.74, 6) is 0.917. The van der Waals surface area contributed by atoms with E-state index in [1.165, 1.54) is 64.2 Å². The molecule has 2 N–H and O–H groups in total. The Morgan fingerprint density at radius 1 is 0.867 bits per heavy atom. The molecule has 0 aromatic rings. The molecule has 1 fully saturated rings. The second kappa shape index (κ2) is 6.52. The first-order valence-corrected chi connectivity index (χ1v) is 6.89. The molecule has 1 aliphatic rings. The van der Waals surface area contributed by atoms with Crippen LogP contribution < -0.4 is 5.73 Å². The first-order chi connectivity index (χ1) is 7.10. The Bertz CT molecular complexity index is 163. The van der Waals surface area contributed by atoms with Crippen molar-refractivity contribution in [2.75, 3.05) is 0 Å². The Hall–Kier alpha value is -0.0400. The van der Waals surface area contributed by atoms with E-state index in [1.807, 2.05) is 0 Å². The van der Waals surface area contributed by atoms with Crippen molar-refractivity contribution in [3.8, 4) is 0 Å². The van der Waals surface area contributed by atoms with Crippen LogP contribution in [0.15, 0.2) is 0 Å². The largest absolute Gasteiger partial charge is 0.325 e. The number of hydrogen-bond acceptors (Lipinski definition) is 1. The first-order valence-electron chi connectivity index (χ1n) is 6.89. The quantitative estimate of drug-likeness (QED) is 0.636. The Morgan fingerprint density at radius 3 is 2.20 bits per heavy atom. The van der Waals surface area contributed by atoms with E-state index in [0.29, 0.717) is 0 Å². The zero-order chi connectivity index (χ0) is 11.1. The summed E-state index contributed by atoms with van der Waals surface area (Å²) in [7, 11) is 0. The predicted molar refractivity (Wildman–Crippen MR) is 67.9 cm³/mol. The van der Waals surface area contributed by atoms with Gasteiger partial charge in [0.25, 0.3) is 0 Å². The highest BCUT2D eigenvalue weighted by Gasteiger charge is 2.18. The van der Waals surface area contributed by atoms with Gasteiger partial charge in [0.15, 0.2) is 0 Å². The van der Waals surface area contributed by atoms with Crippen LogP contribution in [-0.4, -0.2) is 5.54 Å². The van der Waals surface area contributed by atoms with Crippen molar-refractivity contribution in [1.82, 2.24) is 0 Å². The molecular formula is C14H29N. The van der Waals surface area contributed by atoms with E-state index in [4.69, 9.17) is 5.73 Å². The lowest BCUT2D eigenvalue weighted by atomic mass is 9.86. The SMILES string of the molecule is CC1CCCCCCCC(C)(N)CCC1. The number of nitrogens with two attached hydrogens (primary N) is 1. The molecule has 0 amide bonds. The van der Waals surface area contributed by atoms with Crippen molar-refractivity contribution in [2.24, 2.45) is 11.7 Å². The summed E-state index contributed by atoms with van der Waals surface area (Å²) < 4.78 is 0. The molecular weight excluding hydrogens is 182 g/mol. The average molecular weight is 211 g/mol. The van der Waals surface area contributed by atoms with Gasteiger partial charge in [-0.3, -0.25) is 0 Å². The van der Waals surface area contributed by atoms with Gasteiger partial charge in [0, 0.05) is 5.54 Å². The summed E-state index contributed by atoms with van der Waals surface area (Å²) >= 11 is 0. The Morgan fingerprint density at radius 2 is 1.40 bits per heavy atom. The summed E-state index contributed by atoms with van der Waals surface area (Å²) in [6, 6.07) is 0. The van der Waals surface area contributed by atoms with Crippen LogP contribution in [0.25, 0.3) is 0 Å². The smallest absolute Gasteiger partial charge is 0.0125 e. The fourth-order valence-electron chi connectivity index (χ4n) is 2.68. The number of rotatable bonds is 0. The minimum atomic E-state index is 0.110. The Labute approximate surface area is 95.8 Å². The molecule has 0 heterocycles. The van der Waals surface area contributed by atoms with Crippen molar-refractivity contribution >= 4 is 0 Å². The van der Waals surface area contributed by atoms with Gasteiger partial charge in [0.1, 0.15) is 0 Å².